The molecule has 2 atom stereocenters. The van der Waals surface area contributed by atoms with Crippen molar-refractivity contribution in [2.45, 2.75) is 77.0 Å². The Morgan fingerprint density at radius 2 is 1.22 bits per heavy atom. The molecule has 0 bridgehead atoms. The van der Waals surface area contributed by atoms with Crippen LogP contribution in [0.5, 0.6) is 0 Å². The average Bonchev–Trinajstić information content (AvgIpc) is 3.33. The second-order valence-corrected chi connectivity index (χ2v) is 14.3. The van der Waals surface area contributed by atoms with Crippen molar-refractivity contribution >= 4 is 56.8 Å². The minimum Gasteiger partial charge on any atom is -0.244 e. The SMILES string of the molecule is CC1(C)CCCc2c1nn(PI)c2-c1cccc(-c2c3c(nn2PI)C(C)(C)CCC3)n1. The van der Waals surface area contributed by atoms with E-state index in [1.54, 1.807) is 0 Å². The zero-order chi connectivity index (χ0) is 22.7. The van der Waals surface area contributed by atoms with Crippen molar-refractivity contribution in [3.05, 3.63) is 40.7 Å². The summed E-state index contributed by atoms with van der Waals surface area (Å²) in [6, 6.07) is 6.50. The zero-order valence-corrected chi connectivity index (χ0v) is 25.3. The van der Waals surface area contributed by atoms with E-state index in [-0.39, 0.29) is 10.8 Å². The molecule has 0 fully saturated rings. The second-order valence-electron chi connectivity index (χ2n) is 10.2. The molecule has 5 nitrogen and oxygen atoms in total. The van der Waals surface area contributed by atoms with E-state index in [4.69, 9.17) is 15.2 Å². The largest absolute Gasteiger partial charge is 0.244 e. The Kier molecular flexibility index (Phi) is 6.52. The fraction of sp³-hybridized carbons (Fsp3) is 0.522. The van der Waals surface area contributed by atoms with Crippen molar-refractivity contribution in [3.63, 3.8) is 0 Å². The van der Waals surface area contributed by atoms with Gasteiger partial charge in [0.2, 0.25) is 0 Å². The van der Waals surface area contributed by atoms with Crippen LogP contribution < -0.4 is 0 Å². The van der Waals surface area contributed by atoms with Gasteiger partial charge in [-0.25, -0.2) is 13.9 Å². The van der Waals surface area contributed by atoms with Gasteiger partial charge < -0.3 is 0 Å². The van der Waals surface area contributed by atoms with E-state index in [1.807, 2.05) is 0 Å². The maximum absolute atomic E-state index is 5.27. The first-order valence-electron chi connectivity index (χ1n) is 11.2. The molecule has 0 aliphatic heterocycles. The maximum atomic E-state index is 5.27. The minimum absolute atomic E-state index is 0.132. The monoisotopic (exact) mass is 691 g/mol. The van der Waals surface area contributed by atoms with Gasteiger partial charge in [-0.3, -0.25) is 0 Å². The molecule has 0 saturated carbocycles. The first-order chi connectivity index (χ1) is 15.3. The van der Waals surface area contributed by atoms with Gasteiger partial charge in [0.1, 0.15) is 0 Å². The summed E-state index contributed by atoms with van der Waals surface area (Å²) < 4.78 is 4.39. The molecule has 0 amide bonds. The highest BCUT2D eigenvalue weighted by Gasteiger charge is 2.36. The van der Waals surface area contributed by atoms with Crippen LogP contribution in [0.15, 0.2) is 18.2 Å². The van der Waals surface area contributed by atoms with Crippen molar-refractivity contribution in [1.29, 1.82) is 0 Å². The molecule has 3 aromatic rings. The molecule has 3 heterocycles. The average molecular weight is 691 g/mol. The van der Waals surface area contributed by atoms with Crippen LogP contribution in [0, 0.1) is 0 Å². The Morgan fingerprint density at radius 1 is 0.781 bits per heavy atom. The topological polar surface area (TPSA) is 48.5 Å². The quantitative estimate of drug-likeness (QED) is 0.209. The van der Waals surface area contributed by atoms with E-state index in [0.717, 1.165) is 24.2 Å². The predicted octanol–water partition coefficient (Wildman–Crippen LogP) is 7.62. The van der Waals surface area contributed by atoms with Crippen LogP contribution in [0.4, 0.5) is 0 Å². The molecule has 32 heavy (non-hydrogen) atoms. The fourth-order valence-corrected chi connectivity index (χ4v) is 8.50. The van der Waals surface area contributed by atoms with Gasteiger partial charge in [0.25, 0.3) is 0 Å². The Balaban J connectivity index is 1.68. The van der Waals surface area contributed by atoms with Crippen molar-refractivity contribution in [1.82, 2.24) is 24.1 Å². The molecule has 5 rings (SSSR count). The number of halogens is 2. The molecule has 2 aliphatic rings. The van der Waals surface area contributed by atoms with Crippen LogP contribution >= 0.6 is 56.8 Å². The highest BCUT2D eigenvalue weighted by atomic mass is 127. The zero-order valence-electron chi connectivity index (χ0n) is 19.0. The van der Waals surface area contributed by atoms with Crippen molar-refractivity contribution < 1.29 is 0 Å². The molecule has 0 radical (unpaired) electrons. The molecule has 2 unspecified atom stereocenters. The van der Waals surface area contributed by atoms with Crippen LogP contribution in [-0.2, 0) is 23.7 Å². The third kappa shape index (κ3) is 3.91. The van der Waals surface area contributed by atoms with Crippen molar-refractivity contribution in [2.75, 3.05) is 0 Å². The summed E-state index contributed by atoms with van der Waals surface area (Å²) in [7, 11) is 0. The van der Waals surface area contributed by atoms with E-state index in [9.17, 15) is 0 Å². The van der Waals surface area contributed by atoms with Crippen molar-refractivity contribution in [3.8, 4) is 22.8 Å². The van der Waals surface area contributed by atoms with E-state index in [0.29, 0.717) is 12.7 Å². The van der Waals surface area contributed by atoms with Gasteiger partial charge in [-0.2, -0.15) is 10.2 Å². The molecule has 0 saturated heterocycles. The lowest BCUT2D eigenvalue weighted by molar-refractivity contribution is 0.420. The minimum atomic E-state index is 0.132. The third-order valence-electron chi connectivity index (χ3n) is 7.10. The molecule has 9 heteroatoms. The van der Waals surface area contributed by atoms with Crippen LogP contribution in [-0.4, -0.2) is 24.1 Å². The standard InChI is InChI=1S/C23H29I2N5P2/c1-22(2)12-6-8-14-18(29(31-24)27-20(14)22)16-10-5-11-17(26-16)19-15-9-7-13-23(3,4)21(15)28-30(19)32-25/h5,10-11,31-32H,6-9,12-13H2,1-4H3. The highest BCUT2D eigenvalue weighted by Crippen LogP contribution is 2.46. The summed E-state index contributed by atoms with van der Waals surface area (Å²) in [5.41, 5.74) is 10.2. The van der Waals surface area contributed by atoms with Crippen molar-refractivity contribution in [2.24, 2.45) is 0 Å². The summed E-state index contributed by atoms with van der Waals surface area (Å²) in [5.74, 6) is 0. The van der Waals surface area contributed by atoms with E-state index < -0.39 is 0 Å². The molecule has 0 aromatic carbocycles. The van der Waals surface area contributed by atoms with Gasteiger partial charge >= 0.3 is 0 Å². The number of hydrogen-bond donors (Lipinski definition) is 0. The van der Waals surface area contributed by atoms with Gasteiger partial charge in [0, 0.05) is 22.0 Å². The smallest absolute Gasteiger partial charge is 0.0948 e. The van der Waals surface area contributed by atoms with Gasteiger partial charge in [0.15, 0.2) is 0 Å². The van der Waals surface area contributed by atoms with Gasteiger partial charge in [0.05, 0.1) is 46.9 Å². The van der Waals surface area contributed by atoms with Crippen LogP contribution in [0.3, 0.4) is 0 Å². The number of fused-ring (bicyclic) bond motifs is 2. The predicted molar refractivity (Wildman–Crippen MR) is 154 cm³/mol. The number of hydrogen-bond acceptors (Lipinski definition) is 3. The fourth-order valence-electron chi connectivity index (χ4n) is 5.46. The van der Waals surface area contributed by atoms with E-state index >= 15 is 0 Å². The van der Waals surface area contributed by atoms with Crippen LogP contribution in [0.25, 0.3) is 22.8 Å². The number of rotatable bonds is 4. The van der Waals surface area contributed by atoms with Gasteiger partial charge in [-0.1, -0.05) is 33.8 Å². The molecular formula is C23H29I2N5P2. The normalized spacial score (nSPS) is 19.7. The summed E-state index contributed by atoms with van der Waals surface area (Å²) >= 11 is 4.90. The van der Waals surface area contributed by atoms with Crippen LogP contribution in [0.1, 0.15) is 75.9 Å². The van der Waals surface area contributed by atoms with Gasteiger partial charge in [-0.15, -0.1) is 0 Å². The Labute approximate surface area is 220 Å². The van der Waals surface area contributed by atoms with Gasteiger partial charge in [-0.05, 0) is 94.7 Å². The molecule has 3 aromatic heterocycles. The number of nitrogens with zero attached hydrogens (tertiary/aromatic N) is 5. The van der Waals surface area contributed by atoms with Crippen LogP contribution in [0.2, 0.25) is 0 Å². The lowest BCUT2D eigenvalue weighted by atomic mass is 9.76. The first-order valence-corrected chi connectivity index (χ1v) is 19.3. The Bertz CT molecular complexity index is 1090. The molecule has 2 aliphatic carbocycles. The Morgan fingerprint density at radius 3 is 1.62 bits per heavy atom. The second kappa shape index (κ2) is 8.83. The molecular weight excluding hydrogens is 662 g/mol. The lowest BCUT2D eigenvalue weighted by Gasteiger charge is -2.28. The molecule has 170 valence electrons. The van der Waals surface area contributed by atoms with E-state index in [2.05, 4.69) is 98.9 Å². The molecule has 0 N–H and O–H groups in total. The van der Waals surface area contributed by atoms with E-state index in [1.165, 1.54) is 59.6 Å². The first kappa shape index (κ1) is 23.6. The summed E-state index contributed by atoms with van der Waals surface area (Å²) in [4.78, 5) is 5.27. The Hall–Kier alpha value is -0.110. The highest BCUT2D eigenvalue weighted by molar-refractivity contribution is 14.2. The number of pyridine rings is 1. The maximum Gasteiger partial charge on any atom is 0.0948 e. The third-order valence-corrected chi connectivity index (χ3v) is 10.8. The summed E-state index contributed by atoms with van der Waals surface area (Å²) in [5, 5.41) is 10.2. The molecule has 0 spiro atoms. The summed E-state index contributed by atoms with van der Waals surface area (Å²) in [6.45, 7) is 9.33. The summed E-state index contributed by atoms with van der Waals surface area (Å²) in [6.07, 6.45) is 8.15. The number of aromatic nitrogens is 5. The lowest BCUT2D eigenvalue weighted by Crippen LogP contribution is -2.23.